The summed E-state index contributed by atoms with van der Waals surface area (Å²) >= 11 is 0. The number of hydrogen-bond acceptors (Lipinski definition) is 2. The predicted octanol–water partition coefficient (Wildman–Crippen LogP) is 2.15. The summed E-state index contributed by atoms with van der Waals surface area (Å²) in [5.41, 5.74) is 0.798. The largest absolute Gasteiger partial charge is 0.348 e. The van der Waals surface area contributed by atoms with Crippen LogP contribution < -0.4 is 5.32 Å². The molecule has 0 bridgehead atoms. The van der Waals surface area contributed by atoms with Gasteiger partial charge in [-0.1, -0.05) is 36.8 Å². The van der Waals surface area contributed by atoms with Gasteiger partial charge < -0.3 is 10.3 Å². The fourth-order valence-corrected chi connectivity index (χ4v) is 2.66. The molecule has 98 valence electrons. The van der Waals surface area contributed by atoms with E-state index in [1.807, 2.05) is 30.3 Å². The molecular formula is C15H17N3O. The third kappa shape index (κ3) is 2.14. The van der Waals surface area contributed by atoms with E-state index in [0.29, 0.717) is 6.54 Å². The smallest absolute Gasteiger partial charge is 0.231 e. The molecule has 0 spiro atoms. The Balaban J connectivity index is 1.73. The Morgan fingerprint density at radius 2 is 2.11 bits per heavy atom. The van der Waals surface area contributed by atoms with Crippen LogP contribution in [-0.4, -0.2) is 15.9 Å². The van der Waals surface area contributed by atoms with Gasteiger partial charge in [0.25, 0.3) is 0 Å². The zero-order valence-corrected chi connectivity index (χ0v) is 10.7. The highest BCUT2D eigenvalue weighted by Crippen LogP contribution is 2.43. The first-order chi connectivity index (χ1) is 9.31. The van der Waals surface area contributed by atoms with Gasteiger partial charge in [-0.2, -0.15) is 0 Å². The van der Waals surface area contributed by atoms with Crippen molar-refractivity contribution in [1.29, 1.82) is 0 Å². The fraction of sp³-hybridized carbons (Fsp3) is 0.333. The van der Waals surface area contributed by atoms with E-state index in [9.17, 15) is 4.79 Å². The van der Waals surface area contributed by atoms with Gasteiger partial charge in [-0.25, -0.2) is 4.98 Å². The highest BCUT2D eigenvalue weighted by atomic mass is 16.2. The Labute approximate surface area is 112 Å². The minimum Gasteiger partial charge on any atom is -0.348 e. The summed E-state index contributed by atoms with van der Waals surface area (Å²) in [5, 5.41) is 2.99. The van der Waals surface area contributed by atoms with Gasteiger partial charge in [-0.05, 0) is 18.4 Å². The molecule has 1 aliphatic carbocycles. The third-order valence-electron chi connectivity index (χ3n) is 3.94. The van der Waals surface area contributed by atoms with E-state index in [1.54, 1.807) is 12.4 Å². The first-order valence-corrected chi connectivity index (χ1v) is 6.63. The van der Waals surface area contributed by atoms with Crippen LogP contribution in [0.15, 0.2) is 42.7 Å². The summed E-state index contributed by atoms with van der Waals surface area (Å²) in [5.74, 6) is 0.900. The lowest BCUT2D eigenvalue weighted by molar-refractivity contribution is -0.130. The molecule has 4 nitrogen and oxygen atoms in total. The number of rotatable bonds is 4. The molecule has 0 radical (unpaired) electrons. The molecule has 0 unspecified atom stereocenters. The van der Waals surface area contributed by atoms with Crippen molar-refractivity contribution in [2.24, 2.45) is 0 Å². The second-order valence-electron chi connectivity index (χ2n) is 5.02. The van der Waals surface area contributed by atoms with E-state index in [1.165, 1.54) is 0 Å². The quantitative estimate of drug-likeness (QED) is 0.879. The van der Waals surface area contributed by atoms with Gasteiger partial charge >= 0.3 is 0 Å². The molecule has 0 aliphatic heterocycles. The van der Waals surface area contributed by atoms with Crippen LogP contribution in [0.5, 0.6) is 0 Å². The Hall–Kier alpha value is -2.10. The van der Waals surface area contributed by atoms with Crippen molar-refractivity contribution < 1.29 is 4.79 Å². The lowest BCUT2D eigenvalue weighted by atomic mass is 9.64. The number of H-pyrrole nitrogens is 1. The minimum atomic E-state index is -0.326. The number of carbonyl (C=O) groups is 1. The maximum Gasteiger partial charge on any atom is 0.231 e. The van der Waals surface area contributed by atoms with E-state index in [4.69, 9.17) is 0 Å². The third-order valence-corrected chi connectivity index (χ3v) is 3.94. The summed E-state index contributed by atoms with van der Waals surface area (Å²) in [6.07, 6.45) is 6.43. The number of benzene rings is 1. The van der Waals surface area contributed by atoms with Crippen molar-refractivity contribution in [3.8, 4) is 0 Å². The van der Waals surface area contributed by atoms with E-state index in [0.717, 1.165) is 30.7 Å². The highest BCUT2D eigenvalue weighted by molar-refractivity contribution is 5.89. The summed E-state index contributed by atoms with van der Waals surface area (Å²) in [4.78, 5) is 19.6. The second-order valence-corrected chi connectivity index (χ2v) is 5.02. The Bertz CT molecular complexity index is 544. The minimum absolute atomic E-state index is 0.112. The number of nitrogens with one attached hydrogen (secondary N) is 2. The number of amides is 1. The molecular weight excluding hydrogens is 238 g/mol. The molecule has 2 aromatic rings. The predicted molar refractivity (Wildman–Crippen MR) is 72.4 cm³/mol. The molecule has 1 aliphatic rings. The second kappa shape index (κ2) is 4.88. The van der Waals surface area contributed by atoms with Crippen molar-refractivity contribution in [3.05, 3.63) is 54.1 Å². The van der Waals surface area contributed by atoms with Crippen LogP contribution in [0, 0.1) is 0 Å². The summed E-state index contributed by atoms with van der Waals surface area (Å²) in [6.45, 7) is 0.459. The fourth-order valence-electron chi connectivity index (χ4n) is 2.66. The van der Waals surface area contributed by atoms with Gasteiger partial charge in [-0.15, -0.1) is 0 Å². The molecule has 3 rings (SSSR count). The molecule has 4 heteroatoms. The lowest BCUT2D eigenvalue weighted by Gasteiger charge is -2.40. The number of carbonyl (C=O) groups excluding carboxylic acids is 1. The van der Waals surface area contributed by atoms with Crippen molar-refractivity contribution in [2.45, 2.75) is 31.2 Å². The van der Waals surface area contributed by atoms with Gasteiger partial charge in [0.15, 0.2) is 0 Å². The molecule has 19 heavy (non-hydrogen) atoms. The van der Waals surface area contributed by atoms with Crippen molar-refractivity contribution >= 4 is 5.91 Å². The van der Waals surface area contributed by atoms with Crippen LogP contribution in [0.1, 0.15) is 30.7 Å². The molecule has 1 amide bonds. The standard InChI is InChI=1S/C15H17N3O/c19-14(18-11-13-16-9-10-17-13)15(7-4-8-15)12-5-2-1-3-6-12/h1-3,5-6,9-10H,4,7-8,11H2,(H,16,17)(H,18,19). The normalized spacial score (nSPS) is 16.6. The molecule has 1 aromatic heterocycles. The first kappa shape index (κ1) is 12.0. The van der Waals surface area contributed by atoms with Crippen molar-refractivity contribution in [1.82, 2.24) is 15.3 Å². The zero-order valence-electron chi connectivity index (χ0n) is 10.7. The summed E-state index contributed by atoms with van der Waals surface area (Å²) in [7, 11) is 0. The van der Waals surface area contributed by atoms with E-state index in [2.05, 4.69) is 15.3 Å². The van der Waals surface area contributed by atoms with Crippen molar-refractivity contribution in [2.75, 3.05) is 0 Å². The van der Waals surface area contributed by atoms with Crippen LogP contribution in [0.4, 0.5) is 0 Å². The van der Waals surface area contributed by atoms with E-state index >= 15 is 0 Å². The molecule has 1 aromatic carbocycles. The zero-order chi connectivity index (χ0) is 13.1. The van der Waals surface area contributed by atoms with Crippen LogP contribution in [0.2, 0.25) is 0 Å². The molecule has 1 fully saturated rings. The Kier molecular flexibility index (Phi) is 3.07. The van der Waals surface area contributed by atoms with Crippen LogP contribution in [-0.2, 0) is 16.8 Å². The van der Waals surface area contributed by atoms with Gasteiger partial charge in [0.2, 0.25) is 5.91 Å². The summed E-state index contributed by atoms with van der Waals surface area (Å²) < 4.78 is 0. The topological polar surface area (TPSA) is 57.8 Å². The Morgan fingerprint density at radius 1 is 1.32 bits per heavy atom. The average molecular weight is 255 g/mol. The van der Waals surface area contributed by atoms with Gasteiger partial charge in [0, 0.05) is 12.4 Å². The molecule has 0 atom stereocenters. The lowest BCUT2D eigenvalue weighted by Crippen LogP contribution is -2.49. The van der Waals surface area contributed by atoms with Gasteiger partial charge in [-0.3, -0.25) is 4.79 Å². The number of nitrogens with zero attached hydrogens (tertiary/aromatic N) is 1. The van der Waals surface area contributed by atoms with Crippen LogP contribution in [0.25, 0.3) is 0 Å². The van der Waals surface area contributed by atoms with E-state index in [-0.39, 0.29) is 11.3 Å². The molecule has 2 N–H and O–H groups in total. The molecule has 0 saturated heterocycles. The molecule has 1 heterocycles. The van der Waals surface area contributed by atoms with E-state index < -0.39 is 0 Å². The molecule has 1 saturated carbocycles. The Morgan fingerprint density at radius 3 is 2.68 bits per heavy atom. The first-order valence-electron chi connectivity index (χ1n) is 6.63. The monoisotopic (exact) mass is 255 g/mol. The maximum absolute atomic E-state index is 12.5. The highest BCUT2D eigenvalue weighted by Gasteiger charge is 2.45. The summed E-state index contributed by atoms with van der Waals surface area (Å²) in [6, 6.07) is 10.1. The van der Waals surface area contributed by atoms with Gasteiger partial charge in [0.05, 0.1) is 12.0 Å². The van der Waals surface area contributed by atoms with Crippen LogP contribution in [0.3, 0.4) is 0 Å². The number of aromatic amines is 1. The van der Waals surface area contributed by atoms with Crippen molar-refractivity contribution in [3.63, 3.8) is 0 Å². The van der Waals surface area contributed by atoms with Gasteiger partial charge in [0.1, 0.15) is 5.82 Å². The number of hydrogen-bond donors (Lipinski definition) is 2. The number of aromatic nitrogens is 2. The van der Waals surface area contributed by atoms with Crippen LogP contribution >= 0.6 is 0 Å². The SMILES string of the molecule is O=C(NCc1ncc[nH]1)C1(c2ccccc2)CCC1. The average Bonchev–Trinajstić information content (AvgIpc) is 2.89. The number of imidazole rings is 1. The maximum atomic E-state index is 12.5.